The number of carbonyl (C=O) groups is 4. The molecule has 0 aromatic rings. The van der Waals surface area contributed by atoms with Gasteiger partial charge in [0, 0.05) is 6.08 Å². The average Bonchev–Trinajstić information content (AvgIpc) is 2.57. The van der Waals surface area contributed by atoms with Crippen LogP contribution in [0, 0.1) is 0 Å². The molecule has 2 aliphatic heterocycles. The first-order valence-electron chi connectivity index (χ1n) is 5.88. The molecular weight excluding hydrogens is 322 g/mol. The second kappa shape index (κ2) is 4.80. The van der Waals surface area contributed by atoms with Gasteiger partial charge in [0.05, 0.1) is 5.57 Å². The van der Waals surface area contributed by atoms with Crippen LogP contribution in [-0.2, 0) is 33.8 Å². The molecular formula is C11H11NO9S. The predicted molar refractivity (Wildman–Crippen MR) is 67.1 cm³/mol. The van der Waals surface area contributed by atoms with E-state index in [1.807, 2.05) is 0 Å². The summed E-state index contributed by atoms with van der Waals surface area (Å²) >= 11 is 0. The van der Waals surface area contributed by atoms with E-state index in [1.165, 1.54) is 0 Å². The first-order valence-corrected chi connectivity index (χ1v) is 7.43. The van der Waals surface area contributed by atoms with E-state index < -0.39 is 56.0 Å². The molecule has 0 unspecified atom stereocenters. The summed E-state index contributed by atoms with van der Waals surface area (Å²) in [5.74, 6) is -4.10. The zero-order valence-corrected chi connectivity index (χ0v) is 11.9. The van der Waals surface area contributed by atoms with E-state index in [9.17, 15) is 32.7 Å². The highest BCUT2D eigenvalue weighted by Crippen LogP contribution is 2.48. The number of carboxylic acid groups (broad SMARTS) is 2. The van der Waals surface area contributed by atoms with Gasteiger partial charge < -0.3 is 19.8 Å². The van der Waals surface area contributed by atoms with Gasteiger partial charge in [-0.25, -0.2) is 18.0 Å². The maximum absolute atomic E-state index is 12.5. The number of β-lactam (4-membered cyclic amide) rings is 1. The zero-order chi connectivity index (χ0) is 16.9. The van der Waals surface area contributed by atoms with Crippen molar-refractivity contribution < 1.29 is 42.5 Å². The van der Waals surface area contributed by atoms with Crippen molar-refractivity contribution in [2.75, 3.05) is 6.61 Å². The van der Waals surface area contributed by atoms with Crippen molar-refractivity contribution >= 4 is 34.2 Å². The predicted octanol–water partition coefficient (Wildman–Crippen LogP) is -2.02. The van der Waals surface area contributed by atoms with Gasteiger partial charge in [0.25, 0.3) is 12.4 Å². The number of aliphatic carboxylic acids is 2. The van der Waals surface area contributed by atoms with Crippen LogP contribution in [0.5, 0.6) is 0 Å². The number of hydrogen-bond acceptors (Lipinski definition) is 7. The van der Waals surface area contributed by atoms with E-state index in [2.05, 4.69) is 4.74 Å². The molecule has 2 saturated heterocycles. The van der Waals surface area contributed by atoms with Gasteiger partial charge in [-0.15, -0.1) is 0 Å². The Morgan fingerprint density at radius 3 is 2.45 bits per heavy atom. The van der Waals surface area contributed by atoms with Crippen LogP contribution in [0.4, 0.5) is 0 Å². The van der Waals surface area contributed by atoms with Crippen LogP contribution in [0.15, 0.2) is 11.6 Å². The number of ether oxygens (including phenoxy) is 1. The fourth-order valence-corrected chi connectivity index (χ4v) is 5.01. The molecule has 1 amide bonds. The highest BCUT2D eigenvalue weighted by molar-refractivity contribution is 7.94. The van der Waals surface area contributed by atoms with Crippen molar-refractivity contribution in [3.05, 3.63) is 11.6 Å². The fraction of sp³-hybridized carbons (Fsp3) is 0.455. The Kier molecular flexibility index (Phi) is 3.48. The number of sulfone groups is 1. The summed E-state index contributed by atoms with van der Waals surface area (Å²) in [7, 11) is -4.31. The Balaban J connectivity index is 2.59. The van der Waals surface area contributed by atoms with Crippen LogP contribution in [-0.4, -0.2) is 70.6 Å². The molecule has 3 atom stereocenters. The van der Waals surface area contributed by atoms with Gasteiger partial charge >= 0.3 is 11.9 Å². The molecule has 120 valence electrons. The van der Waals surface area contributed by atoms with Gasteiger partial charge in [-0.2, -0.15) is 0 Å². The van der Waals surface area contributed by atoms with Crippen LogP contribution >= 0.6 is 0 Å². The molecule has 22 heavy (non-hydrogen) atoms. The van der Waals surface area contributed by atoms with Gasteiger partial charge in [0.1, 0.15) is 11.4 Å². The first kappa shape index (κ1) is 15.9. The average molecular weight is 333 g/mol. The molecule has 0 bridgehead atoms. The Labute approximate surface area is 123 Å². The molecule has 0 aromatic carbocycles. The quantitative estimate of drug-likeness (QED) is 0.329. The molecule has 0 aromatic heterocycles. The van der Waals surface area contributed by atoms with Crippen molar-refractivity contribution in [1.29, 1.82) is 0 Å². The van der Waals surface area contributed by atoms with E-state index in [1.54, 1.807) is 0 Å². The van der Waals surface area contributed by atoms with Crippen molar-refractivity contribution in [2.45, 2.75) is 23.1 Å². The third-order valence-corrected chi connectivity index (χ3v) is 6.46. The number of carboxylic acids is 2. The van der Waals surface area contributed by atoms with E-state index in [0.717, 1.165) is 6.92 Å². The molecule has 2 fully saturated rings. The molecule has 0 saturated carbocycles. The molecule has 0 spiro atoms. The molecule has 2 heterocycles. The molecule has 2 N–H and O–H groups in total. The molecule has 2 rings (SSSR count). The second-order valence-corrected chi connectivity index (χ2v) is 7.48. The lowest BCUT2D eigenvalue weighted by atomic mass is 9.95. The Bertz CT molecular complexity index is 709. The molecule has 11 heteroatoms. The largest absolute Gasteiger partial charge is 0.480 e. The van der Waals surface area contributed by atoms with Crippen molar-refractivity contribution in [1.82, 2.24) is 4.90 Å². The number of hydrogen-bond donors (Lipinski definition) is 2. The standard InChI is InChI=1S/C11H11NO9S/c1-11(3-21-4-13)7(10(17)18)12-8(16)5(2-6(14)15)9(12)22(11,19)20/h2,4,7,9H,3H2,1H3,(H,14,15)(H,17,18)/b5-2+/t7-,9+,11-/m0/s1. The third-order valence-electron chi connectivity index (χ3n) is 3.75. The minimum Gasteiger partial charge on any atom is -0.480 e. The summed E-state index contributed by atoms with van der Waals surface area (Å²) in [5.41, 5.74) is -0.520. The number of amides is 1. The van der Waals surface area contributed by atoms with Crippen molar-refractivity contribution in [3.8, 4) is 0 Å². The minimum atomic E-state index is -4.31. The van der Waals surface area contributed by atoms with Crippen LogP contribution in [0.25, 0.3) is 0 Å². The molecule has 2 aliphatic rings. The number of carbonyl (C=O) groups excluding carboxylic acids is 2. The van der Waals surface area contributed by atoms with Crippen LogP contribution in [0.2, 0.25) is 0 Å². The summed E-state index contributed by atoms with van der Waals surface area (Å²) in [6.07, 6.45) is 0.437. The highest BCUT2D eigenvalue weighted by atomic mass is 32.2. The van der Waals surface area contributed by atoms with Gasteiger partial charge in [0.2, 0.25) is 0 Å². The van der Waals surface area contributed by atoms with E-state index in [0.29, 0.717) is 11.0 Å². The normalized spacial score (nSPS) is 34.0. The lowest BCUT2D eigenvalue weighted by Crippen LogP contribution is -2.59. The van der Waals surface area contributed by atoms with Gasteiger partial charge in [-0.3, -0.25) is 9.59 Å². The fourth-order valence-electron chi connectivity index (χ4n) is 2.73. The van der Waals surface area contributed by atoms with E-state index in [-0.39, 0.29) is 6.47 Å². The zero-order valence-electron chi connectivity index (χ0n) is 11.1. The maximum atomic E-state index is 12.5. The molecule has 10 nitrogen and oxygen atoms in total. The van der Waals surface area contributed by atoms with E-state index >= 15 is 0 Å². The minimum absolute atomic E-state index is 0.0366. The summed E-state index contributed by atoms with van der Waals surface area (Å²) in [6.45, 7) is 0.232. The van der Waals surface area contributed by atoms with E-state index in [4.69, 9.17) is 5.11 Å². The topological polar surface area (TPSA) is 155 Å². The van der Waals surface area contributed by atoms with Gasteiger partial charge in [-0.05, 0) is 6.92 Å². The smallest absolute Gasteiger partial charge is 0.328 e. The number of nitrogens with zero attached hydrogens (tertiary/aromatic N) is 1. The van der Waals surface area contributed by atoms with Crippen LogP contribution in [0.3, 0.4) is 0 Å². The number of fused-ring (bicyclic) bond motifs is 1. The second-order valence-electron chi connectivity index (χ2n) is 5.01. The summed E-state index contributed by atoms with van der Waals surface area (Å²) in [4.78, 5) is 44.9. The lowest BCUT2D eigenvalue weighted by Gasteiger charge is -2.37. The number of rotatable bonds is 5. The van der Waals surface area contributed by atoms with Gasteiger partial charge in [0.15, 0.2) is 21.3 Å². The first-order chi connectivity index (χ1) is 10.1. The third kappa shape index (κ3) is 1.81. The maximum Gasteiger partial charge on any atom is 0.328 e. The van der Waals surface area contributed by atoms with Crippen molar-refractivity contribution in [2.24, 2.45) is 0 Å². The lowest BCUT2D eigenvalue weighted by molar-refractivity contribution is -0.154. The van der Waals surface area contributed by atoms with Gasteiger partial charge in [-0.1, -0.05) is 0 Å². The summed E-state index contributed by atoms with van der Waals surface area (Å²) < 4.78 is 27.4. The Morgan fingerprint density at radius 1 is 1.41 bits per heavy atom. The van der Waals surface area contributed by atoms with Crippen LogP contribution < -0.4 is 0 Å². The molecule has 0 radical (unpaired) electrons. The Morgan fingerprint density at radius 2 is 2.00 bits per heavy atom. The van der Waals surface area contributed by atoms with Crippen molar-refractivity contribution in [3.63, 3.8) is 0 Å². The monoisotopic (exact) mass is 333 g/mol. The summed E-state index contributed by atoms with van der Waals surface area (Å²) in [6, 6.07) is -1.78. The Hall–Kier alpha value is -2.43. The highest BCUT2D eigenvalue weighted by Gasteiger charge is 2.72. The summed E-state index contributed by atoms with van der Waals surface area (Å²) in [5, 5.41) is 16.3. The SMILES string of the molecule is C[C@]1(COC=O)[C@H](C(=O)O)N2C(=O)/C(=C\C(=O)O)[C@H]2S1(=O)=O. The molecule has 0 aliphatic carbocycles. The van der Waals surface area contributed by atoms with Crippen LogP contribution in [0.1, 0.15) is 6.92 Å².